The maximum Gasteiger partial charge on any atom is 0.308 e. The van der Waals surface area contributed by atoms with Gasteiger partial charge in [-0.2, -0.15) is 4.39 Å². The molecule has 0 aliphatic carbocycles. The fourth-order valence-corrected chi connectivity index (χ4v) is 2.16. The van der Waals surface area contributed by atoms with E-state index in [1.165, 1.54) is 0 Å². The molecule has 1 N–H and O–H groups in total. The van der Waals surface area contributed by atoms with Crippen LogP contribution in [0, 0.1) is 27.7 Å². The molecule has 1 fully saturated rings. The van der Waals surface area contributed by atoms with Gasteiger partial charge >= 0.3 is 11.7 Å². The van der Waals surface area contributed by atoms with Crippen LogP contribution >= 0.6 is 0 Å². The van der Waals surface area contributed by atoms with Crippen LogP contribution in [-0.4, -0.2) is 39.9 Å². The van der Waals surface area contributed by atoms with E-state index in [0.29, 0.717) is 12.1 Å². The number of halogens is 2. The fraction of sp³-hybridized carbons (Fsp3) is 0.333. The van der Waals surface area contributed by atoms with Crippen molar-refractivity contribution in [1.82, 2.24) is 4.90 Å². The molecule has 1 atom stereocenters. The predicted molar refractivity (Wildman–Crippen MR) is 64.7 cm³/mol. The van der Waals surface area contributed by atoms with Gasteiger partial charge in [0, 0.05) is 13.1 Å². The number of amides is 1. The SMILES string of the molecule is O=C(O)C1CCN(C(=O)c2cc(F)c([N+](=O)[O-])cc2F)C1. The Labute approximate surface area is 116 Å². The second-order valence-electron chi connectivity index (χ2n) is 4.62. The van der Waals surface area contributed by atoms with Crippen LogP contribution in [0.15, 0.2) is 12.1 Å². The first-order chi connectivity index (χ1) is 9.81. The second kappa shape index (κ2) is 5.43. The number of benzene rings is 1. The number of hydrogen-bond donors (Lipinski definition) is 1. The highest BCUT2D eigenvalue weighted by Crippen LogP contribution is 2.24. The Morgan fingerprint density at radius 1 is 1.33 bits per heavy atom. The molecule has 1 amide bonds. The molecule has 1 aliphatic rings. The molecule has 112 valence electrons. The number of nitrogens with zero attached hydrogens (tertiary/aromatic N) is 2. The van der Waals surface area contributed by atoms with Crippen LogP contribution in [0.25, 0.3) is 0 Å². The summed E-state index contributed by atoms with van der Waals surface area (Å²) in [4.78, 5) is 33.3. The number of nitro benzene ring substituents is 1. The summed E-state index contributed by atoms with van der Waals surface area (Å²) < 4.78 is 27.2. The third-order valence-corrected chi connectivity index (χ3v) is 3.29. The molecular formula is C12H10F2N2O5. The molecule has 1 aromatic carbocycles. The minimum atomic E-state index is -1.32. The van der Waals surface area contributed by atoms with Crippen molar-refractivity contribution < 1.29 is 28.4 Å². The number of aliphatic carboxylic acids is 1. The van der Waals surface area contributed by atoms with E-state index in [1.807, 2.05) is 0 Å². The summed E-state index contributed by atoms with van der Waals surface area (Å²) in [7, 11) is 0. The molecule has 7 nitrogen and oxygen atoms in total. The summed E-state index contributed by atoms with van der Waals surface area (Å²) in [6.07, 6.45) is 0.220. The van der Waals surface area contributed by atoms with Crippen molar-refractivity contribution in [2.75, 3.05) is 13.1 Å². The van der Waals surface area contributed by atoms with Crippen molar-refractivity contribution in [2.45, 2.75) is 6.42 Å². The van der Waals surface area contributed by atoms with Gasteiger partial charge in [0.2, 0.25) is 5.82 Å². The van der Waals surface area contributed by atoms with Gasteiger partial charge in [-0.15, -0.1) is 0 Å². The van der Waals surface area contributed by atoms with Crippen molar-refractivity contribution in [3.8, 4) is 0 Å². The maximum absolute atomic E-state index is 13.7. The fourth-order valence-electron chi connectivity index (χ4n) is 2.16. The lowest BCUT2D eigenvalue weighted by molar-refractivity contribution is -0.387. The van der Waals surface area contributed by atoms with Gasteiger partial charge in [-0.25, -0.2) is 4.39 Å². The van der Waals surface area contributed by atoms with Crippen molar-refractivity contribution in [2.24, 2.45) is 5.92 Å². The highest BCUT2D eigenvalue weighted by atomic mass is 19.1. The van der Waals surface area contributed by atoms with Crippen LogP contribution in [0.4, 0.5) is 14.5 Å². The first-order valence-corrected chi connectivity index (χ1v) is 5.96. The first-order valence-electron chi connectivity index (χ1n) is 5.96. The molecule has 1 heterocycles. The summed E-state index contributed by atoms with van der Waals surface area (Å²) in [5, 5.41) is 19.3. The van der Waals surface area contributed by atoms with Crippen LogP contribution in [0.5, 0.6) is 0 Å². The van der Waals surface area contributed by atoms with Gasteiger partial charge in [0.1, 0.15) is 5.82 Å². The zero-order valence-corrected chi connectivity index (χ0v) is 10.6. The second-order valence-corrected chi connectivity index (χ2v) is 4.62. The van der Waals surface area contributed by atoms with Crippen molar-refractivity contribution in [3.05, 3.63) is 39.4 Å². The Bertz CT molecular complexity index is 634. The molecule has 9 heteroatoms. The van der Waals surface area contributed by atoms with E-state index in [0.717, 1.165) is 4.90 Å². The normalized spacial score (nSPS) is 17.8. The Kier molecular flexibility index (Phi) is 3.83. The van der Waals surface area contributed by atoms with Crippen LogP contribution in [0.3, 0.4) is 0 Å². The summed E-state index contributed by atoms with van der Waals surface area (Å²) in [5.41, 5.74) is -1.71. The van der Waals surface area contributed by atoms with Crippen molar-refractivity contribution in [3.63, 3.8) is 0 Å². The molecule has 0 spiro atoms. The lowest BCUT2D eigenvalue weighted by atomic mass is 10.1. The Hall–Kier alpha value is -2.58. The van der Waals surface area contributed by atoms with E-state index in [9.17, 15) is 28.5 Å². The van der Waals surface area contributed by atoms with Crippen LogP contribution in [0.1, 0.15) is 16.8 Å². The van der Waals surface area contributed by atoms with E-state index in [-0.39, 0.29) is 19.5 Å². The molecule has 1 saturated heterocycles. The number of likely N-dealkylation sites (tertiary alicyclic amines) is 1. The van der Waals surface area contributed by atoms with E-state index >= 15 is 0 Å². The molecule has 21 heavy (non-hydrogen) atoms. The number of carbonyl (C=O) groups excluding carboxylic acids is 1. The van der Waals surface area contributed by atoms with Crippen LogP contribution in [0.2, 0.25) is 0 Å². The third-order valence-electron chi connectivity index (χ3n) is 3.29. The van der Waals surface area contributed by atoms with Crippen molar-refractivity contribution in [1.29, 1.82) is 0 Å². The van der Waals surface area contributed by atoms with Gasteiger partial charge in [-0.3, -0.25) is 19.7 Å². The molecule has 1 aromatic rings. The van der Waals surface area contributed by atoms with E-state index < -0.39 is 45.6 Å². The molecule has 0 radical (unpaired) electrons. The molecule has 2 rings (SSSR count). The Morgan fingerprint density at radius 2 is 2.00 bits per heavy atom. The predicted octanol–water partition coefficient (Wildman–Crippen LogP) is 1.42. The average Bonchev–Trinajstić information content (AvgIpc) is 2.89. The third kappa shape index (κ3) is 2.81. The van der Waals surface area contributed by atoms with E-state index in [1.54, 1.807) is 0 Å². The number of carboxylic acid groups (broad SMARTS) is 1. The topological polar surface area (TPSA) is 101 Å². The number of carbonyl (C=O) groups is 2. The molecular weight excluding hydrogens is 290 g/mol. The maximum atomic E-state index is 13.7. The first kappa shape index (κ1) is 14.8. The van der Waals surface area contributed by atoms with Crippen LogP contribution in [-0.2, 0) is 4.79 Å². The van der Waals surface area contributed by atoms with Crippen LogP contribution < -0.4 is 0 Å². The van der Waals surface area contributed by atoms with E-state index in [4.69, 9.17) is 5.11 Å². The average molecular weight is 300 g/mol. The molecule has 1 aliphatic heterocycles. The number of hydrogen-bond acceptors (Lipinski definition) is 4. The zero-order valence-electron chi connectivity index (χ0n) is 10.6. The highest BCUT2D eigenvalue weighted by Gasteiger charge is 2.33. The minimum absolute atomic E-state index is 0.105. The van der Waals surface area contributed by atoms with Gasteiger partial charge in [0.15, 0.2) is 0 Å². The summed E-state index contributed by atoms with van der Waals surface area (Å²) in [6.45, 7) is 0.0000594. The monoisotopic (exact) mass is 300 g/mol. The summed E-state index contributed by atoms with van der Waals surface area (Å²) in [6, 6.07) is 0.803. The molecule has 0 aromatic heterocycles. The molecule has 1 unspecified atom stereocenters. The lowest BCUT2D eigenvalue weighted by Crippen LogP contribution is -2.30. The lowest BCUT2D eigenvalue weighted by Gasteiger charge is -2.16. The number of carboxylic acids is 1. The van der Waals surface area contributed by atoms with Gasteiger partial charge in [0.25, 0.3) is 5.91 Å². The number of rotatable bonds is 3. The standard InChI is InChI=1S/C12H10F2N2O5/c13-8-4-10(16(20)21)9(14)3-7(8)11(17)15-2-1-6(5-15)12(18)19/h3-4,6H,1-2,5H2,(H,18,19). The molecule has 0 saturated carbocycles. The van der Waals surface area contributed by atoms with E-state index in [2.05, 4.69) is 0 Å². The van der Waals surface area contributed by atoms with Gasteiger partial charge in [0.05, 0.1) is 22.5 Å². The largest absolute Gasteiger partial charge is 0.481 e. The number of nitro groups is 1. The summed E-state index contributed by atoms with van der Waals surface area (Å²) >= 11 is 0. The van der Waals surface area contributed by atoms with Gasteiger partial charge < -0.3 is 10.0 Å². The minimum Gasteiger partial charge on any atom is -0.481 e. The Balaban J connectivity index is 2.27. The summed E-state index contributed by atoms with van der Waals surface area (Å²) in [5.74, 6) is -5.24. The zero-order chi connectivity index (χ0) is 15.7. The van der Waals surface area contributed by atoms with Gasteiger partial charge in [-0.1, -0.05) is 0 Å². The highest BCUT2D eigenvalue weighted by molar-refractivity contribution is 5.95. The Morgan fingerprint density at radius 3 is 2.52 bits per heavy atom. The molecule has 0 bridgehead atoms. The quantitative estimate of drug-likeness (QED) is 0.672. The van der Waals surface area contributed by atoms with Gasteiger partial charge in [-0.05, 0) is 12.5 Å². The smallest absolute Gasteiger partial charge is 0.308 e. The van der Waals surface area contributed by atoms with Crippen molar-refractivity contribution >= 4 is 17.6 Å².